The second kappa shape index (κ2) is 6.04. The third kappa shape index (κ3) is 3.08. The first-order valence-corrected chi connectivity index (χ1v) is 7.99. The maximum atomic E-state index is 4.81. The molecule has 3 rings (SSSR count). The fourth-order valence-electron chi connectivity index (χ4n) is 2.67. The Labute approximate surface area is 124 Å². The van der Waals surface area contributed by atoms with Gasteiger partial charge < -0.3 is 9.80 Å². The summed E-state index contributed by atoms with van der Waals surface area (Å²) in [5.74, 6) is 0. The average Bonchev–Trinajstić information content (AvgIpc) is 2.92. The lowest BCUT2D eigenvalue weighted by Gasteiger charge is -2.37. The molecule has 1 aliphatic heterocycles. The normalized spacial score (nSPS) is 21.2. The van der Waals surface area contributed by atoms with Crippen LogP contribution in [0, 0.1) is 0 Å². The minimum absolute atomic E-state index is 0.587. The summed E-state index contributed by atoms with van der Waals surface area (Å²) in [6.07, 6.45) is 1.05. The summed E-state index contributed by atoms with van der Waals surface area (Å²) in [6, 6.07) is 11.0. The van der Waals surface area contributed by atoms with Crippen LogP contribution >= 0.6 is 11.3 Å². The van der Waals surface area contributed by atoms with E-state index in [0.29, 0.717) is 6.04 Å². The first-order valence-electron chi connectivity index (χ1n) is 7.11. The Bertz CT molecular complexity index is 552. The highest BCUT2D eigenvalue weighted by Gasteiger charge is 2.23. The number of nitrogens with zero attached hydrogens (tertiary/aromatic N) is 3. The Balaban J connectivity index is 1.71. The van der Waals surface area contributed by atoms with Gasteiger partial charge in [0.05, 0.1) is 10.7 Å². The lowest BCUT2D eigenvalue weighted by Crippen LogP contribution is -2.50. The van der Waals surface area contributed by atoms with E-state index in [1.54, 1.807) is 11.3 Å². The molecule has 2 aromatic rings. The van der Waals surface area contributed by atoms with Gasteiger partial charge in [0.2, 0.25) is 0 Å². The van der Waals surface area contributed by atoms with E-state index in [1.807, 2.05) is 6.07 Å². The smallest absolute Gasteiger partial charge is 0.0948 e. The van der Waals surface area contributed by atoms with Crippen LogP contribution in [0.3, 0.4) is 0 Å². The molecule has 2 heterocycles. The van der Waals surface area contributed by atoms with E-state index in [0.717, 1.165) is 25.2 Å². The van der Waals surface area contributed by atoms with E-state index in [2.05, 4.69) is 53.5 Å². The van der Waals surface area contributed by atoms with Crippen LogP contribution in [0.4, 0.5) is 0 Å². The van der Waals surface area contributed by atoms with Crippen molar-refractivity contribution in [1.29, 1.82) is 0 Å². The van der Waals surface area contributed by atoms with Crippen LogP contribution in [-0.4, -0.2) is 54.6 Å². The molecule has 1 aromatic carbocycles. The molecule has 1 aromatic heterocycles. The molecule has 1 fully saturated rings. The van der Waals surface area contributed by atoms with Crippen molar-refractivity contribution in [2.24, 2.45) is 0 Å². The van der Waals surface area contributed by atoms with Crippen LogP contribution in [-0.2, 0) is 6.42 Å². The number of hydrogen-bond donors (Lipinski definition) is 0. The van der Waals surface area contributed by atoms with Gasteiger partial charge in [-0.3, -0.25) is 0 Å². The van der Waals surface area contributed by atoms with Crippen LogP contribution in [0.5, 0.6) is 0 Å². The zero-order valence-electron chi connectivity index (χ0n) is 12.1. The Morgan fingerprint density at radius 2 is 2.00 bits per heavy atom. The molecule has 1 unspecified atom stereocenters. The van der Waals surface area contributed by atoms with Gasteiger partial charge in [-0.15, -0.1) is 11.3 Å². The van der Waals surface area contributed by atoms with Crippen LogP contribution < -0.4 is 0 Å². The number of rotatable bonds is 3. The van der Waals surface area contributed by atoms with Crippen molar-refractivity contribution < 1.29 is 0 Å². The van der Waals surface area contributed by atoms with Crippen molar-refractivity contribution in [2.45, 2.75) is 12.5 Å². The molecule has 106 valence electrons. The second-order valence-corrected chi connectivity index (χ2v) is 6.54. The van der Waals surface area contributed by atoms with Gasteiger partial charge in [-0.25, -0.2) is 4.98 Å². The number of hydrogen-bond acceptors (Lipinski definition) is 4. The highest BCUT2D eigenvalue weighted by atomic mass is 32.1. The van der Waals surface area contributed by atoms with E-state index >= 15 is 0 Å². The van der Waals surface area contributed by atoms with Gasteiger partial charge in [0.25, 0.3) is 0 Å². The minimum Gasteiger partial charge on any atom is -0.304 e. The standard InChI is InChI=1S/C16H21N3S/c1-18-8-9-19(2)14(11-18)10-16-17-15(12-20-16)13-6-4-3-5-7-13/h3-7,12,14H,8-11H2,1-2H3. The van der Waals surface area contributed by atoms with E-state index in [1.165, 1.54) is 17.1 Å². The van der Waals surface area contributed by atoms with E-state index < -0.39 is 0 Å². The SMILES string of the molecule is CN1CCN(C)C(Cc2nc(-c3ccccc3)cs2)C1. The number of piperazine rings is 1. The summed E-state index contributed by atoms with van der Waals surface area (Å²) >= 11 is 1.78. The molecule has 0 aliphatic carbocycles. The van der Waals surface area contributed by atoms with Gasteiger partial charge in [0.15, 0.2) is 0 Å². The van der Waals surface area contributed by atoms with Gasteiger partial charge in [0, 0.05) is 43.0 Å². The molecule has 20 heavy (non-hydrogen) atoms. The molecular formula is C16H21N3S. The molecule has 1 aliphatic rings. The predicted octanol–water partition coefficient (Wildman–Crippen LogP) is 2.60. The Kier molecular flexibility index (Phi) is 4.15. The van der Waals surface area contributed by atoms with E-state index in [-0.39, 0.29) is 0 Å². The maximum Gasteiger partial charge on any atom is 0.0948 e. The lowest BCUT2D eigenvalue weighted by molar-refractivity contribution is 0.114. The molecule has 0 amide bonds. The van der Waals surface area contributed by atoms with Crippen molar-refractivity contribution in [3.8, 4) is 11.3 Å². The zero-order valence-corrected chi connectivity index (χ0v) is 12.9. The molecule has 0 spiro atoms. The molecular weight excluding hydrogens is 266 g/mol. The molecule has 3 nitrogen and oxygen atoms in total. The summed E-state index contributed by atoms with van der Waals surface area (Å²) in [5, 5.41) is 3.42. The van der Waals surface area contributed by atoms with E-state index in [4.69, 9.17) is 4.98 Å². The first-order chi connectivity index (χ1) is 9.72. The summed E-state index contributed by atoms with van der Waals surface area (Å²) in [5.41, 5.74) is 2.32. The highest BCUT2D eigenvalue weighted by Crippen LogP contribution is 2.23. The molecule has 0 N–H and O–H groups in total. The van der Waals surface area contributed by atoms with Crippen molar-refractivity contribution in [2.75, 3.05) is 33.7 Å². The molecule has 4 heteroatoms. The Morgan fingerprint density at radius 1 is 1.20 bits per heavy atom. The average molecular weight is 287 g/mol. The topological polar surface area (TPSA) is 19.4 Å². The zero-order chi connectivity index (χ0) is 13.9. The highest BCUT2D eigenvalue weighted by molar-refractivity contribution is 7.09. The Morgan fingerprint density at radius 3 is 2.80 bits per heavy atom. The van der Waals surface area contributed by atoms with Gasteiger partial charge >= 0.3 is 0 Å². The largest absolute Gasteiger partial charge is 0.304 e. The third-order valence-corrected chi connectivity index (χ3v) is 4.88. The summed E-state index contributed by atoms with van der Waals surface area (Å²) in [4.78, 5) is 9.68. The number of benzene rings is 1. The second-order valence-electron chi connectivity index (χ2n) is 5.59. The summed E-state index contributed by atoms with van der Waals surface area (Å²) < 4.78 is 0. The summed E-state index contributed by atoms with van der Waals surface area (Å²) in [6.45, 7) is 3.45. The van der Waals surface area contributed by atoms with Gasteiger partial charge in [0.1, 0.15) is 0 Å². The number of aromatic nitrogens is 1. The van der Waals surface area contributed by atoms with Crippen molar-refractivity contribution in [1.82, 2.24) is 14.8 Å². The molecule has 0 saturated carbocycles. The van der Waals surface area contributed by atoms with Crippen molar-refractivity contribution >= 4 is 11.3 Å². The quantitative estimate of drug-likeness (QED) is 0.865. The summed E-state index contributed by atoms with van der Waals surface area (Å²) in [7, 11) is 4.43. The van der Waals surface area contributed by atoms with Crippen molar-refractivity contribution in [3.05, 3.63) is 40.7 Å². The van der Waals surface area contributed by atoms with Crippen LogP contribution in [0.15, 0.2) is 35.7 Å². The first kappa shape index (κ1) is 13.7. The van der Waals surface area contributed by atoms with Crippen LogP contribution in [0.1, 0.15) is 5.01 Å². The van der Waals surface area contributed by atoms with Gasteiger partial charge in [-0.05, 0) is 14.1 Å². The minimum atomic E-state index is 0.587. The molecule has 1 saturated heterocycles. The lowest BCUT2D eigenvalue weighted by atomic mass is 10.1. The van der Waals surface area contributed by atoms with Crippen LogP contribution in [0.2, 0.25) is 0 Å². The predicted molar refractivity (Wildman–Crippen MR) is 85.2 cm³/mol. The number of likely N-dealkylation sites (N-methyl/N-ethyl adjacent to an activating group) is 2. The fourth-order valence-corrected chi connectivity index (χ4v) is 3.55. The fraction of sp³-hybridized carbons (Fsp3) is 0.438. The van der Waals surface area contributed by atoms with Crippen molar-refractivity contribution in [3.63, 3.8) is 0 Å². The van der Waals surface area contributed by atoms with Gasteiger partial charge in [-0.2, -0.15) is 0 Å². The maximum absolute atomic E-state index is 4.81. The Hall–Kier alpha value is -1.23. The van der Waals surface area contributed by atoms with Crippen LogP contribution in [0.25, 0.3) is 11.3 Å². The third-order valence-electron chi connectivity index (χ3n) is 4.01. The molecule has 0 radical (unpaired) electrons. The molecule has 1 atom stereocenters. The molecule has 0 bridgehead atoms. The number of thiazole rings is 1. The monoisotopic (exact) mass is 287 g/mol. The van der Waals surface area contributed by atoms with Gasteiger partial charge in [-0.1, -0.05) is 30.3 Å². The van der Waals surface area contributed by atoms with E-state index in [9.17, 15) is 0 Å².